The molecule has 3 aromatic rings. The summed E-state index contributed by atoms with van der Waals surface area (Å²) in [6.45, 7) is 8.58. The van der Waals surface area contributed by atoms with Gasteiger partial charge in [-0.05, 0) is 36.6 Å². The summed E-state index contributed by atoms with van der Waals surface area (Å²) in [6.07, 6.45) is 0.957. The van der Waals surface area contributed by atoms with Crippen molar-refractivity contribution in [2.45, 2.75) is 26.8 Å². The van der Waals surface area contributed by atoms with E-state index in [1.807, 2.05) is 49.4 Å². The molecule has 1 amide bonds. The summed E-state index contributed by atoms with van der Waals surface area (Å²) in [7, 11) is 0. The number of aryl methyl sites for hydroxylation is 2. The van der Waals surface area contributed by atoms with E-state index in [4.69, 9.17) is 4.52 Å². The van der Waals surface area contributed by atoms with Crippen LogP contribution in [-0.2, 0) is 17.8 Å². The monoisotopic (exact) mass is 419 g/mol. The number of nitrogens with one attached hydrogen (secondary N) is 1. The maximum Gasteiger partial charge on any atom is 0.241 e. The summed E-state index contributed by atoms with van der Waals surface area (Å²) in [6, 6.07) is 16.1. The fourth-order valence-corrected chi connectivity index (χ4v) is 3.82. The molecule has 1 aromatic heterocycles. The molecule has 1 aliphatic heterocycles. The van der Waals surface area contributed by atoms with Crippen LogP contribution in [0.25, 0.3) is 11.4 Å². The van der Waals surface area contributed by atoms with E-state index in [1.165, 1.54) is 5.56 Å². The zero-order chi connectivity index (χ0) is 21.6. The molecule has 1 saturated heterocycles. The lowest BCUT2D eigenvalue weighted by atomic mass is 10.1. The first kappa shape index (κ1) is 21.2. The van der Waals surface area contributed by atoms with Crippen molar-refractivity contribution in [1.29, 1.82) is 0 Å². The standard InChI is InChI=1S/C24H29N5O2/c1-3-19-8-6-9-20(15-19)25-22(30)16-28-11-13-29(14-12-28)17-23-26-24(27-31-23)21-10-5-4-7-18(21)2/h4-10,15H,3,11-14,16-17H2,1-2H3,(H,25,30). The second-order valence-electron chi connectivity index (χ2n) is 7.98. The third-order valence-electron chi connectivity index (χ3n) is 5.66. The number of aromatic nitrogens is 2. The van der Waals surface area contributed by atoms with Gasteiger partial charge in [-0.3, -0.25) is 14.6 Å². The Labute approximate surface area is 183 Å². The Hall–Kier alpha value is -3.03. The first-order valence-corrected chi connectivity index (χ1v) is 10.8. The van der Waals surface area contributed by atoms with Crippen molar-refractivity contribution in [3.63, 3.8) is 0 Å². The van der Waals surface area contributed by atoms with Crippen LogP contribution >= 0.6 is 0 Å². The number of rotatable bonds is 7. The van der Waals surface area contributed by atoms with E-state index in [-0.39, 0.29) is 5.91 Å². The zero-order valence-electron chi connectivity index (χ0n) is 18.2. The van der Waals surface area contributed by atoms with Crippen LogP contribution in [0.4, 0.5) is 5.69 Å². The number of carbonyl (C=O) groups is 1. The quantitative estimate of drug-likeness (QED) is 0.633. The largest absolute Gasteiger partial charge is 0.338 e. The van der Waals surface area contributed by atoms with Crippen LogP contribution < -0.4 is 5.32 Å². The number of hydrogen-bond acceptors (Lipinski definition) is 6. The molecule has 2 heterocycles. The second-order valence-corrected chi connectivity index (χ2v) is 7.98. The highest BCUT2D eigenvalue weighted by Gasteiger charge is 2.21. The fraction of sp³-hybridized carbons (Fsp3) is 0.375. The van der Waals surface area contributed by atoms with E-state index in [0.29, 0.717) is 24.8 Å². The number of benzene rings is 2. The highest BCUT2D eigenvalue weighted by molar-refractivity contribution is 5.92. The zero-order valence-corrected chi connectivity index (χ0v) is 18.2. The van der Waals surface area contributed by atoms with E-state index in [2.05, 4.69) is 38.2 Å². The van der Waals surface area contributed by atoms with Crippen molar-refractivity contribution in [2.75, 3.05) is 38.0 Å². The average Bonchev–Trinajstić information content (AvgIpc) is 3.23. The Bertz CT molecular complexity index is 1020. The molecule has 0 unspecified atom stereocenters. The van der Waals surface area contributed by atoms with Crippen molar-refractivity contribution in [3.05, 3.63) is 65.5 Å². The predicted octanol–water partition coefficient (Wildman–Crippen LogP) is 3.36. The van der Waals surface area contributed by atoms with Crippen molar-refractivity contribution in [3.8, 4) is 11.4 Å². The van der Waals surface area contributed by atoms with Gasteiger partial charge in [-0.25, -0.2) is 0 Å². The number of amides is 1. The molecular formula is C24H29N5O2. The van der Waals surface area contributed by atoms with E-state index < -0.39 is 0 Å². The minimum Gasteiger partial charge on any atom is -0.338 e. The molecule has 1 fully saturated rings. The first-order valence-electron chi connectivity index (χ1n) is 10.8. The van der Waals surface area contributed by atoms with Crippen molar-refractivity contribution >= 4 is 11.6 Å². The Morgan fingerprint density at radius 2 is 1.84 bits per heavy atom. The van der Waals surface area contributed by atoms with Gasteiger partial charge in [0, 0.05) is 37.4 Å². The highest BCUT2D eigenvalue weighted by atomic mass is 16.5. The van der Waals surface area contributed by atoms with Crippen LogP contribution in [0, 0.1) is 6.92 Å². The third-order valence-corrected chi connectivity index (χ3v) is 5.66. The lowest BCUT2D eigenvalue weighted by Gasteiger charge is -2.33. The van der Waals surface area contributed by atoms with Gasteiger partial charge in [0.1, 0.15) is 0 Å². The number of carbonyl (C=O) groups excluding carboxylic acids is 1. The van der Waals surface area contributed by atoms with Gasteiger partial charge >= 0.3 is 0 Å². The van der Waals surface area contributed by atoms with Gasteiger partial charge in [0.15, 0.2) is 0 Å². The predicted molar refractivity (Wildman–Crippen MR) is 121 cm³/mol. The first-order chi connectivity index (χ1) is 15.1. The lowest BCUT2D eigenvalue weighted by molar-refractivity contribution is -0.117. The molecule has 1 N–H and O–H groups in total. The SMILES string of the molecule is CCc1cccc(NC(=O)CN2CCN(Cc3nc(-c4ccccc4C)no3)CC2)c1. The fourth-order valence-electron chi connectivity index (χ4n) is 3.82. The summed E-state index contributed by atoms with van der Waals surface area (Å²) in [5.74, 6) is 1.29. The van der Waals surface area contributed by atoms with Gasteiger partial charge in [-0.15, -0.1) is 0 Å². The summed E-state index contributed by atoms with van der Waals surface area (Å²) < 4.78 is 5.47. The van der Waals surface area contributed by atoms with Crippen LogP contribution in [0.15, 0.2) is 53.1 Å². The van der Waals surface area contributed by atoms with Crippen molar-refractivity contribution in [2.24, 2.45) is 0 Å². The molecule has 7 nitrogen and oxygen atoms in total. The van der Waals surface area contributed by atoms with Gasteiger partial charge in [-0.1, -0.05) is 48.5 Å². The molecule has 4 rings (SSSR count). The van der Waals surface area contributed by atoms with Crippen LogP contribution in [-0.4, -0.2) is 58.6 Å². The molecule has 0 radical (unpaired) electrons. The molecular weight excluding hydrogens is 390 g/mol. The van der Waals surface area contributed by atoms with Crippen molar-refractivity contribution in [1.82, 2.24) is 19.9 Å². The molecule has 162 valence electrons. The Balaban J connectivity index is 1.24. The van der Waals surface area contributed by atoms with Crippen LogP contribution in [0.2, 0.25) is 0 Å². The maximum atomic E-state index is 12.4. The van der Waals surface area contributed by atoms with Crippen LogP contribution in [0.3, 0.4) is 0 Å². The van der Waals surface area contributed by atoms with Crippen LogP contribution in [0.1, 0.15) is 23.9 Å². The second kappa shape index (κ2) is 9.85. The third kappa shape index (κ3) is 5.57. The Kier molecular flexibility index (Phi) is 6.74. The Morgan fingerprint density at radius 3 is 2.61 bits per heavy atom. The number of piperazine rings is 1. The molecule has 31 heavy (non-hydrogen) atoms. The smallest absolute Gasteiger partial charge is 0.241 e. The highest BCUT2D eigenvalue weighted by Crippen LogP contribution is 2.20. The maximum absolute atomic E-state index is 12.4. The summed E-state index contributed by atoms with van der Waals surface area (Å²) in [4.78, 5) is 21.5. The van der Waals surface area contributed by atoms with Crippen molar-refractivity contribution < 1.29 is 9.32 Å². The van der Waals surface area contributed by atoms with Crippen LogP contribution in [0.5, 0.6) is 0 Å². The molecule has 0 atom stereocenters. The number of anilines is 1. The summed E-state index contributed by atoms with van der Waals surface area (Å²) in [5.41, 5.74) is 4.21. The van der Waals surface area contributed by atoms with Gasteiger partial charge in [0.25, 0.3) is 0 Å². The van der Waals surface area contributed by atoms with E-state index in [0.717, 1.165) is 49.4 Å². The molecule has 0 bridgehead atoms. The summed E-state index contributed by atoms with van der Waals surface area (Å²) >= 11 is 0. The molecule has 7 heteroatoms. The molecule has 0 aliphatic carbocycles. The minimum atomic E-state index is 0.0291. The van der Waals surface area contributed by atoms with Gasteiger partial charge in [0.05, 0.1) is 13.1 Å². The molecule has 1 aliphatic rings. The minimum absolute atomic E-state index is 0.0291. The van der Waals surface area contributed by atoms with E-state index in [1.54, 1.807) is 0 Å². The topological polar surface area (TPSA) is 74.5 Å². The lowest BCUT2D eigenvalue weighted by Crippen LogP contribution is -2.48. The number of nitrogens with zero attached hydrogens (tertiary/aromatic N) is 4. The Morgan fingerprint density at radius 1 is 1.06 bits per heavy atom. The van der Waals surface area contributed by atoms with Gasteiger partial charge in [0.2, 0.25) is 17.6 Å². The normalized spacial score (nSPS) is 15.2. The number of hydrogen-bond donors (Lipinski definition) is 1. The van der Waals surface area contributed by atoms with Gasteiger partial charge in [-0.2, -0.15) is 4.98 Å². The van der Waals surface area contributed by atoms with E-state index >= 15 is 0 Å². The average molecular weight is 420 g/mol. The summed E-state index contributed by atoms with van der Waals surface area (Å²) in [5, 5.41) is 7.15. The molecule has 0 saturated carbocycles. The molecule has 2 aromatic carbocycles. The van der Waals surface area contributed by atoms with Gasteiger partial charge < -0.3 is 9.84 Å². The molecule has 0 spiro atoms. The van der Waals surface area contributed by atoms with E-state index in [9.17, 15) is 4.79 Å².